The van der Waals surface area contributed by atoms with E-state index in [1.165, 1.54) is 16.7 Å². The van der Waals surface area contributed by atoms with Crippen LogP contribution >= 0.6 is 0 Å². The molecule has 0 saturated carbocycles. The predicted molar refractivity (Wildman–Crippen MR) is 106 cm³/mol. The van der Waals surface area contributed by atoms with E-state index in [9.17, 15) is 18.0 Å². The van der Waals surface area contributed by atoms with E-state index in [1.54, 1.807) is 18.2 Å². The highest BCUT2D eigenvalue weighted by atomic mass is 19.4. The van der Waals surface area contributed by atoms with Gasteiger partial charge in [-0.25, -0.2) is 0 Å². The maximum absolute atomic E-state index is 13.9. The summed E-state index contributed by atoms with van der Waals surface area (Å²) in [4.78, 5) is 12.5. The lowest BCUT2D eigenvalue weighted by Crippen LogP contribution is -2.30. The number of anilines is 1. The second kappa shape index (κ2) is 7.54. The highest BCUT2D eigenvalue weighted by molar-refractivity contribution is 5.99. The highest BCUT2D eigenvalue weighted by Crippen LogP contribution is 2.36. The summed E-state index contributed by atoms with van der Waals surface area (Å²) in [5.74, 6) is -0.0733. The van der Waals surface area contributed by atoms with Crippen molar-refractivity contribution in [2.24, 2.45) is 0 Å². The molecule has 0 saturated heterocycles. The van der Waals surface area contributed by atoms with Gasteiger partial charge in [0.2, 0.25) is 0 Å². The number of alkyl halides is 3. The SMILES string of the molecule is C=C/C=c1/c2c(n(-c3ccc(NCC=C)cc3C(F)(F)F)c1=C)CCCC2=O. The van der Waals surface area contributed by atoms with Gasteiger partial charge in [0.15, 0.2) is 5.78 Å². The van der Waals surface area contributed by atoms with Gasteiger partial charge in [-0.3, -0.25) is 4.79 Å². The van der Waals surface area contributed by atoms with E-state index >= 15 is 0 Å². The Bertz CT molecular complexity index is 1060. The van der Waals surface area contributed by atoms with Gasteiger partial charge in [0.1, 0.15) is 0 Å². The lowest BCUT2D eigenvalue weighted by Gasteiger charge is -2.20. The van der Waals surface area contributed by atoms with Crippen molar-refractivity contribution in [1.29, 1.82) is 0 Å². The van der Waals surface area contributed by atoms with Crippen LogP contribution < -0.4 is 15.9 Å². The van der Waals surface area contributed by atoms with Crippen molar-refractivity contribution in [2.45, 2.75) is 25.4 Å². The molecule has 0 fully saturated rings. The summed E-state index contributed by atoms with van der Waals surface area (Å²) in [5.41, 5.74) is 0.560. The summed E-state index contributed by atoms with van der Waals surface area (Å²) in [6.07, 6.45) is 1.65. The largest absolute Gasteiger partial charge is 0.418 e. The number of hydrogen-bond donors (Lipinski definition) is 1. The van der Waals surface area contributed by atoms with E-state index in [4.69, 9.17) is 0 Å². The summed E-state index contributed by atoms with van der Waals surface area (Å²) in [6.45, 7) is 11.5. The zero-order chi connectivity index (χ0) is 20.5. The first-order valence-corrected chi connectivity index (χ1v) is 8.94. The molecule has 0 spiro atoms. The van der Waals surface area contributed by atoms with E-state index in [1.807, 2.05) is 0 Å². The van der Waals surface area contributed by atoms with Crippen molar-refractivity contribution in [3.8, 4) is 5.69 Å². The van der Waals surface area contributed by atoms with Crippen LogP contribution in [0.3, 0.4) is 0 Å². The van der Waals surface area contributed by atoms with Crippen LogP contribution in [0.2, 0.25) is 0 Å². The van der Waals surface area contributed by atoms with Gasteiger partial charge in [0.05, 0.1) is 11.3 Å². The monoisotopic (exact) mass is 386 g/mol. The molecule has 0 aliphatic heterocycles. The van der Waals surface area contributed by atoms with Crippen molar-refractivity contribution < 1.29 is 18.0 Å². The predicted octanol–water partition coefficient (Wildman–Crippen LogP) is 3.99. The summed E-state index contributed by atoms with van der Waals surface area (Å²) < 4.78 is 43.1. The molecule has 1 aromatic heterocycles. The van der Waals surface area contributed by atoms with Gasteiger partial charge in [-0.2, -0.15) is 13.2 Å². The van der Waals surface area contributed by atoms with Crippen LogP contribution in [-0.4, -0.2) is 16.9 Å². The Labute approximate surface area is 161 Å². The van der Waals surface area contributed by atoms with Crippen LogP contribution in [-0.2, 0) is 12.6 Å². The average Bonchev–Trinajstić information content (AvgIpc) is 2.92. The first-order valence-electron chi connectivity index (χ1n) is 8.94. The fourth-order valence-corrected chi connectivity index (χ4v) is 3.63. The van der Waals surface area contributed by atoms with E-state index in [0.717, 1.165) is 6.07 Å². The van der Waals surface area contributed by atoms with Gasteiger partial charge < -0.3 is 9.88 Å². The molecule has 3 rings (SSSR count). The van der Waals surface area contributed by atoms with Gasteiger partial charge >= 0.3 is 6.18 Å². The third-order valence-corrected chi connectivity index (χ3v) is 4.78. The number of halogens is 3. The highest BCUT2D eigenvalue weighted by Gasteiger charge is 2.36. The Kier molecular flexibility index (Phi) is 5.31. The van der Waals surface area contributed by atoms with Crippen molar-refractivity contribution in [2.75, 3.05) is 11.9 Å². The van der Waals surface area contributed by atoms with Crippen LogP contribution in [0, 0.1) is 0 Å². The number of aromatic nitrogens is 1. The lowest BCUT2D eigenvalue weighted by atomic mass is 9.95. The third kappa shape index (κ3) is 3.42. The molecule has 1 heterocycles. The van der Waals surface area contributed by atoms with Gasteiger partial charge in [-0.05, 0) is 31.0 Å². The minimum absolute atomic E-state index is 0.0312. The van der Waals surface area contributed by atoms with Crippen LogP contribution in [0.25, 0.3) is 18.3 Å². The molecule has 1 N–H and O–H groups in total. The third-order valence-electron chi connectivity index (χ3n) is 4.78. The van der Waals surface area contributed by atoms with Crippen molar-refractivity contribution in [1.82, 2.24) is 4.57 Å². The first-order chi connectivity index (χ1) is 13.3. The molecule has 6 heteroatoms. The molecule has 0 radical (unpaired) electrons. The topological polar surface area (TPSA) is 34.0 Å². The Balaban J connectivity index is 2.33. The average molecular weight is 386 g/mol. The Morgan fingerprint density at radius 3 is 2.61 bits per heavy atom. The number of carbonyl (C=O) groups is 1. The van der Waals surface area contributed by atoms with E-state index in [-0.39, 0.29) is 11.5 Å². The van der Waals surface area contributed by atoms with E-state index in [2.05, 4.69) is 25.1 Å². The molecular weight excluding hydrogens is 365 g/mol. The molecular formula is C22H21F3N2O. The molecule has 1 aliphatic rings. The second-order valence-electron chi connectivity index (χ2n) is 6.60. The fraction of sp³-hybridized carbons (Fsp3) is 0.227. The molecule has 1 aliphatic carbocycles. The number of hydrogen-bond acceptors (Lipinski definition) is 2. The molecule has 1 aromatic carbocycles. The normalized spacial score (nSPS) is 14.7. The molecule has 0 atom stereocenters. The van der Waals surface area contributed by atoms with Crippen LogP contribution in [0.4, 0.5) is 18.9 Å². The lowest BCUT2D eigenvalue weighted by molar-refractivity contribution is -0.137. The van der Waals surface area contributed by atoms with Gasteiger partial charge in [-0.15, -0.1) is 6.58 Å². The minimum atomic E-state index is -4.56. The summed E-state index contributed by atoms with van der Waals surface area (Å²) in [7, 11) is 0. The molecule has 0 unspecified atom stereocenters. The summed E-state index contributed by atoms with van der Waals surface area (Å²) >= 11 is 0. The maximum Gasteiger partial charge on any atom is 0.418 e. The number of Topliss-reactive ketones (excluding diaryl/α,β-unsaturated/α-hetero) is 1. The number of nitrogens with zero attached hydrogens (tertiary/aromatic N) is 1. The number of carbonyl (C=O) groups excluding carboxylic acids is 1. The number of allylic oxidation sites excluding steroid dienone is 1. The molecule has 2 aromatic rings. The van der Waals surface area contributed by atoms with Gasteiger partial charge in [0.25, 0.3) is 0 Å². The Hall–Kier alpha value is -3.02. The number of nitrogens with one attached hydrogen (secondary N) is 1. The molecule has 0 amide bonds. The van der Waals surface area contributed by atoms with Gasteiger partial charge in [0, 0.05) is 40.5 Å². The quantitative estimate of drug-likeness (QED) is 0.789. The van der Waals surface area contributed by atoms with Crippen molar-refractivity contribution >= 4 is 24.1 Å². The molecule has 28 heavy (non-hydrogen) atoms. The number of fused-ring (bicyclic) bond motifs is 1. The van der Waals surface area contributed by atoms with Crippen molar-refractivity contribution in [3.05, 3.63) is 70.9 Å². The van der Waals surface area contributed by atoms with Gasteiger partial charge in [-0.1, -0.05) is 31.4 Å². The molecule has 0 bridgehead atoms. The zero-order valence-electron chi connectivity index (χ0n) is 15.4. The summed E-state index contributed by atoms with van der Waals surface area (Å²) in [5, 5.41) is 3.78. The standard InChI is InChI=1S/C22H21F3N2O/c1-4-7-16-14(3)27(19-8-6-9-20(28)21(16)19)18-11-10-15(26-12-5-2)13-17(18)22(23,24)25/h4-5,7,10-11,13,26H,1-3,6,8-9,12H2/b16-7+. The first kappa shape index (κ1) is 19.7. The second-order valence-corrected chi connectivity index (χ2v) is 6.60. The smallest absolute Gasteiger partial charge is 0.382 e. The Morgan fingerprint density at radius 1 is 1.21 bits per heavy atom. The zero-order valence-corrected chi connectivity index (χ0v) is 15.4. The minimum Gasteiger partial charge on any atom is -0.382 e. The number of ketones is 1. The summed E-state index contributed by atoms with van der Waals surface area (Å²) in [6, 6.07) is 4.08. The van der Waals surface area contributed by atoms with E-state index in [0.29, 0.717) is 53.3 Å². The maximum atomic E-state index is 13.9. The molecule has 3 nitrogen and oxygen atoms in total. The van der Waals surface area contributed by atoms with Crippen LogP contribution in [0.5, 0.6) is 0 Å². The van der Waals surface area contributed by atoms with Crippen LogP contribution in [0.15, 0.2) is 43.5 Å². The Morgan fingerprint density at radius 2 is 1.96 bits per heavy atom. The number of rotatable bonds is 5. The van der Waals surface area contributed by atoms with E-state index < -0.39 is 11.7 Å². The fourth-order valence-electron chi connectivity index (χ4n) is 3.63. The van der Waals surface area contributed by atoms with Crippen molar-refractivity contribution in [3.63, 3.8) is 0 Å². The molecule has 146 valence electrons. The number of benzene rings is 1. The van der Waals surface area contributed by atoms with Crippen LogP contribution in [0.1, 0.15) is 34.5 Å².